The van der Waals surface area contributed by atoms with Gasteiger partial charge in [0.25, 0.3) is 5.91 Å². The standard InChI is InChI=1S/C20H23NO3S/c1-2-16-8-10-18(11-9-16)20(22)21(14-17-6-4-3-5-7-17)19-12-13-25(23,24)15-19/h3-11,19H,2,12-15H2,1H3/t19-/m0/s1. The van der Waals surface area contributed by atoms with Crippen LogP contribution in [0, 0.1) is 0 Å². The zero-order chi connectivity index (χ0) is 17.9. The van der Waals surface area contributed by atoms with Crippen LogP contribution in [0.2, 0.25) is 0 Å². The van der Waals surface area contributed by atoms with Crippen molar-refractivity contribution < 1.29 is 13.2 Å². The maximum atomic E-state index is 13.1. The molecule has 0 saturated carbocycles. The molecule has 2 aromatic carbocycles. The molecule has 0 aromatic heterocycles. The molecule has 0 radical (unpaired) electrons. The summed E-state index contributed by atoms with van der Waals surface area (Å²) in [5.74, 6) is 0.109. The Kier molecular flexibility index (Phi) is 5.23. The second-order valence-electron chi connectivity index (χ2n) is 6.53. The van der Waals surface area contributed by atoms with Gasteiger partial charge in [-0.1, -0.05) is 49.4 Å². The van der Waals surface area contributed by atoms with Crippen molar-refractivity contribution in [3.63, 3.8) is 0 Å². The number of carbonyl (C=O) groups excluding carboxylic acids is 1. The maximum absolute atomic E-state index is 13.1. The van der Waals surface area contributed by atoms with Crippen LogP contribution < -0.4 is 0 Å². The third kappa shape index (κ3) is 4.28. The molecule has 4 nitrogen and oxygen atoms in total. The summed E-state index contributed by atoms with van der Waals surface area (Å²) in [6.45, 7) is 2.50. The van der Waals surface area contributed by atoms with Gasteiger partial charge in [0.1, 0.15) is 0 Å². The van der Waals surface area contributed by atoms with E-state index in [4.69, 9.17) is 0 Å². The van der Waals surface area contributed by atoms with Crippen molar-refractivity contribution in [2.24, 2.45) is 0 Å². The first kappa shape index (κ1) is 17.7. The van der Waals surface area contributed by atoms with E-state index in [0.29, 0.717) is 18.5 Å². The minimum atomic E-state index is -3.05. The predicted octanol–water partition coefficient (Wildman–Crippen LogP) is 3.08. The van der Waals surface area contributed by atoms with Crippen LogP contribution in [-0.2, 0) is 22.8 Å². The lowest BCUT2D eigenvalue weighted by molar-refractivity contribution is 0.0681. The molecule has 1 aliphatic rings. The van der Waals surface area contributed by atoms with Gasteiger partial charge in [-0.3, -0.25) is 4.79 Å². The van der Waals surface area contributed by atoms with Gasteiger partial charge in [-0.25, -0.2) is 8.42 Å². The Morgan fingerprint density at radius 1 is 1.04 bits per heavy atom. The lowest BCUT2D eigenvalue weighted by Gasteiger charge is -2.28. The Morgan fingerprint density at radius 2 is 1.72 bits per heavy atom. The Labute approximate surface area is 149 Å². The molecule has 0 spiro atoms. The first-order chi connectivity index (χ1) is 12.0. The molecule has 0 aliphatic carbocycles. The molecule has 25 heavy (non-hydrogen) atoms. The third-order valence-electron chi connectivity index (χ3n) is 4.71. The molecule has 0 N–H and O–H groups in total. The highest BCUT2D eigenvalue weighted by Crippen LogP contribution is 2.22. The van der Waals surface area contributed by atoms with Crippen molar-refractivity contribution >= 4 is 15.7 Å². The first-order valence-electron chi connectivity index (χ1n) is 8.63. The number of carbonyl (C=O) groups is 1. The van der Waals surface area contributed by atoms with Gasteiger partial charge in [-0.2, -0.15) is 0 Å². The molecule has 5 heteroatoms. The molecule has 1 fully saturated rings. The molecule has 1 atom stereocenters. The van der Waals surface area contributed by atoms with Crippen LogP contribution >= 0.6 is 0 Å². The predicted molar refractivity (Wildman–Crippen MR) is 99.2 cm³/mol. The van der Waals surface area contributed by atoms with E-state index in [2.05, 4.69) is 6.92 Å². The van der Waals surface area contributed by atoms with Gasteiger partial charge in [-0.15, -0.1) is 0 Å². The van der Waals surface area contributed by atoms with Crippen molar-refractivity contribution in [2.75, 3.05) is 11.5 Å². The molecule has 2 aromatic rings. The SMILES string of the molecule is CCc1ccc(C(=O)N(Cc2ccccc2)[C@H]2CCS(=O)(=O)C2)cc1. The van der Waals surface area contributed by atoms with E-state index in [1.807, 2.05) is 54.6 Å². The number of aryl methyl sites for hydroxylation is 1. The van der Waals surface area contributed by atoms with Gasteiger partial charge >= 0.3 is 0 Å². The average molecular weight is 357 g/mol. The Hall–Kier alpha value is -2.14. The van der Waals surface area contributed by atoms with Gasteiger partial charge < -0.3 is 4.90 Å². The zero-order valence-electron chi connectivity index (χ0n) is 14.4. The quantitative estimate of drug-likeness (QED) is 0.826. The van der Waals surface area contributed by atoms with E-state index >= 15 is 0 Å². The van der Waals surface area contributed by atoms with Crippen molar-refractivity contribution in [3.05, 3.63) is 71.3 Å². The summed E-state index contributed by atoms with van der Waals surface area (Å²) in [6, 6.07) is 17.0. The molecule has 3 rings (SSSR count). The van der Waals surface area contributed by atoms with Gasteiger partial charge in [0.15, 0.2) is 9.84 Å². The summed E-state index contributed by atoms with van der Waals surface area (Å²) in [5.41, 5.74) is 2.79. The number of hydrogen-bond donors (Lipinski definition) is 0. The Morgan fingerprint density at radius 3 is 2.28 bits per heavy atom. The van der Waals surface area contributed by atoms with Gasteiger partial charge in [0, 0.05) is 18.2 Å². The second kappa shape index (κ2) is 7.40. The lowest BCUT2D eigenvalue weighted by Crippen LogP contribution is -2.40. The average Bonchev–Trinajstić information content (AvgIpc) is 2.99. The smallest absolute Gasteiger partial charge is 0.254 e. The summed E-state index contributed by atoms with van der Waals surface area (Å²) in [6.07, 6.45) is 1.43. The number of amides is 1. The topological polar surface area (TPSA) is 54.5 Å². The van der Waals surface area contributed by atoms with Crippen LogP contribution in [0.1, 0.15) is 34.8 Å². The normalized spacial score (nSPS) is 18.8. The fourth-order valence-electron chi connectivity index (χ4n) is 3.22. The van der Waals surface area contributed by atoms with Crippen LogP contribution in [-0.4, -0.2) is 36.8 Å². The molecular formula is C20H23NO3S. The number of rotatable bonds is 5. The molecule has 1 heterocycles. The maximum Gasteiger partial charge on any atom is 0.254 e. The highest BCUT2D eigenvalue weighted by Gasteiger charge is 2.35. The highest BCUT2D eigenvalue weighted by atomic mass is 32.2. The molecule has 1 amide bonds. The summed E-state index contributed by atoms with van der Waals surface area (Å²) < 4.78 is 23.8. The van der Waals surface area contributed by atoms with Gasteiger partial charge in [-0.05, 0) is 36.1 Å². The van der Waals surface area contributed by atoms with E-state index < -0.39 is 9.84 Å². The monoisotopic (exact) mass is 357 g/mol. The van der Waals surface area contributed by atoms with E-state index in [-0.39, 0.29) is 23.5 Å². The molecule has 1 aliphatic heterocycles. The van der Waals surface area contributed by atoms with Crippen LogP contribution in [0.3, 0.4) is 0 Å². The summed E-state index contributed by atoms with van der Waals surface area (Å²) >= 11 is 0. The molecule has 0 unspecified atom stereocenters. The second-order valence-corrected chi connectivity index (χ2v) is 8.75. The number of hydrogen-bond acceptors (Lipinski definition) is 3. The van der Waals surface area contributed by atoms with Crippen LogP contribution in [0.5, 0.6) is 0 Å². The Balaban J connectivity index is 1.88. The van der Waals surface area contributed by atoms with Crippen molar-refractivity contribution in [3.8, 4) is 0 Å². The number of sulfone groups is 1. The summed E-state index contributed by atoms with van der Waals surface area (Å²) in [4.78, 5) is 14.8. The fraction of sp³-hybridized carbons (Fsp3) is 0.350. The fourth-order valence-corrected chi connectivity index (χ4v) is 4.95. The van der Waals surface area contributed by atoms with Crippen LogP contribution in [0.4, 0.5) is 0 Å². The van der Waals surface area contributed by atoms with Gasteiger partial charge in [0.2, 0.25) is 0 Å². The Bertz CT molecular complexity index is 829. The van der Waals surface area contributed by atoms with E-state index in [9.17, 15) is 13.2 Å². The minimum Gasteiger partial charge on any atom is -0.330 e. The van der Waals surface area contributed by atoms with Crippen molar-refractivity contribution in [1.29, 1.82) is 0 Å². The molecule has 1 saturated heterocycles. The largest absolute Gasteiger partial charge is 0.330 e. The van der Waals surface area contributed by atoms with Gasteiger partial charge in [0.05, 0.1) is 11.5 Å². The van der Waals surface area contributed by atoms with Crippen LogP contribution in [0.25, 0.3) is 0 Å². The molecule has 0 bridgehead atoms. The number of nitrogens with zero attached hydrogens (tertiary/aromatic N) is 1. The summed E-state index contributed by atoms with van der Waals surface area (Å²) in [5, 5.41) is 0. The number of benzene rings is 2. The lowest BCUT2D eigenvalue weighted by atomic mass is 10.1. The van der Waals surface area contributed by atoms with E-state index in [0.717, 1.165) is 12.0 Å². The highest BCUT2D eigenvalue weighted by molar-refractivity contribution is 7.91. The van der Waals surface area contributed by atoms with Crippen LogP contribution in [0.15, 0.2) is 54.6 Å². The summed E-state index contributed by atoms with van der Waals surface area (Å²) in [7, 11) is -3.05. The van der Waals surface area contributed by atoms with E-state index in [1.54, 1.807) is 4.90 Å². The minimum absolute atomic E-state index is 0.0542. The van der Waals surface area contributed by atoms with E-state index in [1.165, 1.54) is 5.56 Å². The van der Waals surface area contributed by atoms with Crippen molar-refractivity contribution in [2.45, 2.75) is 32.4 Å². The zero-order valence-corrected chi connectivity index (χ0v) is 15.2. The third-order valence-corrected chi connectivity index (χ3v) is 6.47. The first-order valence-corrected chi connectivity index (χ1v) is 10.4. The molecular weight excluding hydrogens is 334 g/mol. The molecule has 132 valence electrons. The van der Waals surface area contributed by atoms with Crippen molar-refractivity contribution in [1.82, 2.24) is 4.90 Å².